The molecule has 2 fully saturated rings. The average Bonchev–Trinajstić information content (AvgIpc) is 3.01. The largest absolute Gasteiger partial charge is 0.481 e. The van der Waals surface area contributed by atoms with Crippen LogP contribution in [0, 0.1) is 0 Å². The quantitative estimate of drug-likeness (QED) is 0.0607. The Balaban J connectivity index is 1.73. The van der Waals surface area contributed by atoms with Crippen molar-refractivity contribution in [3.63, 3.8) is 0 Å². The third-order valence-electron chi connectivity index (χ3n) is 8.60. The molecule has 0 aromatic heterocycles. The fourth-order valence-corrected chi connectivity index (χ4v) is 5.78. The van der Waals surface area contributed by atoms with Crippen LogP contribution in [-0.2, 0) is 33.3 Å². The Kier molecular flexibility index (Phi) is 19.7. The number of aliphatic carboxylic acids is 1. The lowest BCUT2D eigenvalue weighted by Crippen LogP contribution is -2.65. The van der Waals surface area contributed by atoms with Crippen LogP contribution in [0.25, 0.3) is 0 Å². The van der Waals surface area contributed by atoms with Gasteiger partial charge in [0.25, 0.3) is 0 Å². The summed E-state index contributed by atoms with van der Waals surface area (Å²) in [5, 5.41) is 70.7. The number of carboxylic acids is 1. The number of rotatable bonds is 23. The van der Waals surface area contributed by atoms with E-state index < -0.39 is 86.6 Å². The van der Waals surface area contributed by atoms with E-state index in [1.165, 1.54) is 38.5 Å². The molecule has 2 rings (SSSR count). The van der Waals surface area contributed by atoms with Gasteiger partial charge in [-0.05, 0) is 19.8 Å². The summed E-state index contributed by atoms with van der Waals surface area (Å²) in [5.74, 6) is -1.36. The molecule has 0 aromatic carbocycles. The lowest BCUT2D eigenvalue weighted by molar-refractivity contribution is -0.371. The SMILES string of the molecule is CC(=O)OCC1OC(OC2C(OC(C)CCCCCCCCCCCCCCCC(=O)O)OC(CO)C(O)C2O)C(O)C(O)C1O. The summed E-state index contributed by atoms with van der Waals surface area (Å²) in [6.45, 7) is 1.98. The Labute approximate surface area is 271 Å². The van der Waals surface area contributed by atoms with Crippen LogP contribution in [0.15, 0.2) is 0 Å². The Hall–Kier alpha value is -1.46. The monoisotopic (exact) mass is 666 g/mol. The minimum absolute atomic E-state index is 0.264. The molecule has 11 atom stereocenters. The van der Waals surface area contributed by atoms with Crippen LogP contribution in [0.2, 0.25) is 0 Å². The van der Waals surface area contributed by atoms with Crippen LogP contribution >= 0.6 is 0 Å². The molecule has 0 amide bonds. The molecule has 2 saturated heterocycles. The summed E-state index contributed by atoms with van der Waals surface area (Å²) in [6.07, 6.45) is -0.0578. The van der Waals surface area contributed by atoms with Gasteiger partial charge in [0.1, 0.15) is 55.4 Å². The molecular weight excluding hydrogens is 608 g/mol. The van der Waals surface area contributed by atoms with E-state index in [0.717, 1.165) is 51.9 Å². The van der Waals surface area contributed by atoms with E-state index >= 15 is 0 Å². The molecule has 270 valence electrons. The highest BCUT2D eigenvalue weighted by atomic mass is 16.8. The van der Waals surface area contributed by atoms with Crippen LogP contribution in [-0.4, -0.2) is 128 Å². The highest BCUT2D eigenvalue weighted by Gasteiger charge is 2.51. The van der Waals surface area contributed by atoms with E-state index in [2.05, 4.69) is 0 Å². The Morgan fingerprint density at radius 1 is 0.674 bits per heavy atom. The van der Waals surface area contributed by atoms with Gasteiger partial charge in [0.05, 0.1) is 12.7 Å². The van der Waals surface area contributed by atoms with Crippen molar-refractivity contribution in [2.45, 2.75) is 178 Å². The maximum atomic E-state index is 11.2. The number of aliphatic hydroxyl groups is 6. The van der Waals surface area contributed by atoms with Crippen molar-refractivity contribution in [1.29, 1.82) is 0 Å². The van der Waals surface area contributed by atoms with Crippen LogP contribution < -0.4 is 0 Å². The molecule has 0 aliphatic carbocycles. The van der Waals surface area contributed by atoms with Crippen molar-refractivity contribution in [2.75, 3.05) is 13.2 Å². The Morgan fingerprint density at radius 2 is 1.17 bits per heavy atom. The highest BCUT2D eigenvalue weighted by molar-refractivity contribution is 5.66. The molecule has 7 N–H and O–H groups in total. The van der Waals surface area contributed by atoms with Gasteiger partial charge in [-0.15, -0.1) is 0 Å². The Bertz CT molecular complexity index is 846. The first kappa shape index (κ1) is 40.7. The van der Waals surface area contributed by atoms with Crippen molar-refractivity contribution in [1.82, 2.24) is 0 Å². The lowest BCUT2D eigenvalue weighted by atomic mass is 9.97. The van der Waals surface area contributed by atoms with Gasteiger partial charge in [0.2, 0.25) is 0 Å². The summed E-state index contributed by atoms with van der Waals surface area (Å²) in [5.41, 5.74) is 0. The van der Waals surface area contributed by atoms with Crippen molar-refractivity contribution in [3.05, 3.63) is 0 Å². The van der Waals surface area contributed by atoms with Crippen molar-refractivity contribution in [2.24, 2.45) is 0 Å². The normalized spacial score (nSPS) is 32.3. The summed E-state index contributed by atoms with van der Waals surface area (Å²) < 4.78 is 28.0. The fourth-order valence-electron chi connectivity index (χ4n) is 5.78. The molecular formula is C32H58O14. The number of aliphatic hydroxyl groups excluding tert-OH is 6. The average molecular weight is 667 g/mol. The first-order valence-electron chi connectivity index (χ1n) is 16.9. The lowest BCUT2D eigenvalue weighted by Gasteiger charge is -2.46. The predicted octanol–water partition coefficient (Wildman–Crippen LogP) is 1.52. The molecule has 0 bridgehead atoms. The third kappa shape index (κ3) is 14.3. The smallest absolute Gasteiger partial charge is 0.303 e. The maximum Gasteiger partial charge on any atom is 0.303 e. The van der Waals surface area contributed by atoms with Crippen LogP contribution in [0.3, 0.4) is 0 Å². The van der Waals surface area contributed by atoms with Gasteiger partial charge in [0.15, 0.2) is 12.6 Å². The van der Waals surface area contributed by atoms with Gasteiger partial charge < -0.3 is 59.4 Å². The second-order valence-electron chi connectivity index (χ2n) is 12.6. The van der Waals surface area contributed by atoms with E-state index in [1.54, 1.807) is 0 Å². The zero-order chi connectivity index (χ0) is 34.1. The van der Waals surface area contributed by atoms with Crippen molar-refractivity contribution < 1.29 is 69.0 Å². The number of esters is 1. The fraction of sp³-hybridized carbons (Fsp3) is 0.938. The first-order valence-corrected chi connectivity index (χ1v) is 16.9. The van der Waals surface area contributed by atoms with E-state index in [0.29, 0.717) is 6.42 Å². The highest BCUT2D eigenvalue weighted by Crippen LogP contribution is 2.31. The van der Waals surface area contributed by atoms with Crippen LogP contribution in [0.4, 0.5) is 0 Å². The number of carboxylic acid groups (broad SMARTS) is 1. The number of unbranched alkanes of at least 4 members (excludes halogenated alkanes) is 12. The van der Waals surface area contributed by atoms with E-state index in [9.17, 15) is 40.2 Å². The molecule has 0 radical (unpaired) electrons. The van der Waals surface area contributed by atoms with Crippen LogP contribution in [0.5, 0.6) is 0 Å². The van der Waals surface area contributed by atoms with Gasteiger partial charge in [-0.1, -0.05) is 77.0 Å². The molecule has 2 heterocycles. The summed E-state index contributed by atoms with van der Waals surface area (Å²) in [6, 6.07) is 0. The molecule has 0 aromatic rings. The third-order valence-corrected chi connectivity index (χ3v) is 8.60. The Morgan fingerprint density at radius 3 is 1.70 bits per heavy atom. The van der Waals surface area contributed by atoms with Gasteiger partial charge in [-0.3, -0.25) is 9.59 Å². The summed E-state index contributed by atoms with van der Waals surface area (Å²) in [7, 11) is 0. The zero-order valence-corrected chi connectivity index (χ0v) is 27.4. The molecule has 14 nitrogen and oxygen atoms in total. The predicted molar refractivity (Wildman–Crippen MR) is 163 cm³/mol. The number of hydrogen-bond donors (Lipinski definition) is 7. The van der Waals surface area contributed by atoms with Gasteiger partial charge in [0, 0.05) is 13.3 Å². The van der Waals surface area contributed by atoms with E-state index in [4.69, 9.17) is 28.8 Å². The van der Waals surface area contributed by atoms with E-state index in [-0.39, 0.29) is 12.5 Å². The van der Waals surface area contributed by atoms with Gasteiger partial charge >= 0.3 is 11.9 Å². The van der Waals surface area contributed by atoms with Crippen LogP contribution in [0.1, 0.15) is 110 Å². The number of carbonyl (C=O) groups is 2. The van der Waals surface area contributed by atoms with Gasteiger partial charge in [-0.25, -0.2) is 0 Å². The number of carbonyl (C=O) groups excluding carboxylic acids is 1. The second-order valence-corrected chi connectivity index (χ2v) is 12.6. The first-order chi connectivity index (χ1) is 22.0. The molecule has 11 unspecified atom stereocenters. The molecule has 0 spiro atoms. The summed E-state index contributed by atoms with van der Waals surface area (Å²) in [4.78, 5) is 21.7. The molecule has 2 aliphatic heterocycles. The maximum absolute atomic E-state index is 11.2. The number of hydrogen-bond acceptors (Lipinski definition) is 13. The summed E-state index contributed by atoms with van der Waals surface area (Å²) >= 11 is 0. The molecule has 2 aliphatic rings. The molecule has 46 heavy (non-hydrogen) atoms. The number of ether oxygens (including phenoxy) is 5. The zero-order valence-electron chi connectivity index (χ0n) is 27.4. The topological polar surface area (TPSA) is 222 Å². The minimum atomic E-state index is -1.75. The second kappa shape index (κ2) is 22.2. The van der Waals surface area contributed by atoms with Gasteiger partial charge in [-0.2, -0.15) is 0 Å². The van der Waals surface area contributed by atoms with E-state index in [1.807, 2.05) is 6.92 Å². The van der Waals surface area contributed by atoms with Crippen molar-refractivity contribution in [3.8, 4) is 0 Å². The minimum Gasteiger partial charge on any atom is -0.481 e. The standard InChI is InChI=1S/C32H58O14/c1-20(16-14-12-10-8-6-4-3-5-7-9-11-13-15-17-24(35)36)43-32-30(28(40)25(37)22(18-33)44-32)46-31-29(41)27(39)26(38)23(45-31)19-42-21(2)34/h20,22-23,25-33,37-41H,3-19H2,1-2H3,(H,35,36). The molecule has 0 saturated carbocycles. The van der Waals surface area contributed by atoms with Crippen molar-refractivity contribution >= 4 is 11.9 Å². The molecule has 14 heteroatoms.